The van der Waals surface area contributed by atoms with Crippen LogP contribution in [0.3, 0.4) is 0 Å². The van der Waals surface area contributed by atoms with Gasteiger partial charge in [0.15, 0.2) is 0 Å². The maximum absolute atomic E-state index is 5.06. The Hall–Kier alpha value is -1.48. The third-order valence-electron chi connectivity index (χ3n) is 1.95. The molecule has 0 aliphatic carbocycles. The van der Waals surface area contributed by atoms with Crippen LogP contribution in [0, 0.1) is 11.6 Å². The van der Waals surface area contributed by atoms with E-state index in [1.54, 1.807) is 0 Å². The molecule has 14 heavy (non-hydrogen) atoms. The summed E-state index contributed by atoms with van der Waals surface area (Å²) in [4.78, 5) is 7.26. The van der Waals surface area contributed by atoms with Crippen LogP contribution >= 0.6 is 12.2 Å². The van der Waals surface area contributed by atoms with Crippen molar-refractivity contribution < 1.29 is 0 Å². The van der Waals surface area contributed by atoms with Gasteiger partial charge in [-0.25, -0.2) is 0 Å². The van der Waals surface area contributed by atoms with Gasteiger partial charge in [-0.3, -0.25) is 4.98 Å². The van der Waals surface area contributed by atoms with Gasteiger partial charge in [-0.1, -0.05) is 18.3 Å². The summed E-state index contributed by atoms with van der Waals surface area (Å²) in [5, 5.41) is 0. The Kier molecular flexibility index (Phi) is 2.41. The topological polar surface area (TPSA) is 28.7 Å². The number of hydrogen-bond acceptors (Lipinski definition) is 2. The highest BCUT2D eigenvalue weighted by atomic mass is 32.1. The predicted molar refractivity (Wildman–Crippen MR) is 59.6 cm³/mol. The third kappa shape index (κ3) is 1.88. The molecule has 0 atom stereocenters. The van der Waals surface area contributed by atoms with Gasteiger partial charge in [-0.05, 0) is 30.7 Å². The number of nitrogens with one attached hydrogen (secondary N) is 1. The number of nitrogens with zero attached hydrogens (tertiary/aromatic N) is 1. The zero-order valence-electron chi connectivity index (χ0n) is 7.82. The number of hydrogen-bond donors (Lipinski definition) is 1. The second-order valence-corrected chi connectivity index (χ2v) is 3.62. The van der Waals surface area contributed by atoms with Gasteiger partial charge < -0.3 is 4.98 Å². The fourth-order valence-electron chi connectivity index (χ4n) is 1.32. The number of aromatic nitrogens is 2. The Morgan fingerprint density at radius 3 is 2.86 bits per heavy atom. The Morgan fingerprint density at radius 2 is 2.14 bits per heavy atom. The molecular formula is C11H10N2S. The number of rotatable bonds is 1. The highest BCUT2D eigenvalue weighted by Crippen LogP contribution is 2.15. The van der Waals surface area contributed by atoms with Crippen LogP contribution in [0.25, 0.3) is 11.3 Å². The minimum atomic E-state index is 0.740. The first-order valence-electron chi connectivity index (χ1n) is 4.37. The Morgan fingerprint density at radius 1 is 1.29 bits per heavy atom. The number of aryl methyl sites for hydroxylation is 1. The van der Waals surface area contributed by atoms with Crippen molar-refractivity contribution in [3.05, 3.63) is 46.9 Å². The van der Waals surface area contributed by atoms with Crippen molar-refractivity contribution in [1.82, 2.24) is 9.97 Å². The van der Waals surface area contributed by atoms with E-state index >= 15 is 0 Å². The summed E-state index contributed by atoms with van der Waals surface area (Å²) in [7, 11) is 0. The Labute approximate surface area is 87.7 Å². The van der Waals surface area contributed by atoms with E-state index in [9.17, 15) is 0 Å². The number of aromatic amines is 1. The van der Waals surface area contributed by atoms with Crippen LogP contribution in [0.4, 0.5) is 0 Å². The molecule has 0 fully saturated rings. The minimum Gasteiger partial charge on any atom is -0.346 e. The first kappa shape index (κ1) is 9.09. The van der Waals surface area contributed by atoms with E-state index in [0.29, 0.717) is 0 Å². The fraction of sp³-hybridized carbons (Fsp3) is 0.0909. The van der Waals surface area contributed by atoms with Crippen molar-refractivity contribution >= 4 is 12.2 Å². The molecule has 0 amide bonds. The zero-order chi connectivity index (χ0) is 9.97. The average molecular weight is 202 g/mol. The molecule has 2 rings (SSSR count). The molecule has 1 N–H and O–H groups in total. The smallest absolute Gasteiger partial charge is 0.103 e. The first-order valence-corrected chi connectivity index (χ1v) is 4.78. The van der Waals surface area contributed by atoms with Crippen LogP contribution in [-0.4, -0.2) is 9.97 Å². The molecule has 0 saturated heterocycles. The fourth-order valence-corrected chi connectivity index (χ4v) is 1.51. The van der Waals surface area contributed by atoms with Crippen molar-refractivity contribution in [2.45, 2.75) is 6.92 Å². The van der Waals surface area contributed by atoms with Gasteiger partial charge in [0.2, 0.25) is 0 Å². The highest BCUT2D eigenvalue weighted by molar-refractivity contribution is 7.71. The maximum Gasteiger partial charge on any atom is 0.103 e. The molecule has 0 spiro atoms. The number of H-pyrrole nitrogens is 1. The lowest BCUT2D eigenvalue weighted by Gasteiger charge is -2.01. The van der Waals surface area contributed by atoms with Gasteiger partial charge in [-0.15, -0.1) is 0 Å². The zero-order valence-corrected chi connectivity index (χ0v) is 8.64. The van der Waals surface area contributed by atoms with Crippen LogP contribution in [0.1, 0.15) is 5.56 Å². The molecule has 0 bridgehead atoms. The second kappa shape index (κ2) is 3.72. The summed E-state index contributed by atoms with van der Waals surface area (Å²) in [6.45, 7) is 2.02. The largest absolute Gasteiger partial charge is 0.346 e. The Bertz CT molecular complexity index is 502. The van der Waals surface area contributed by atoms with Crippen molar-refractivity contribution in [3.8, 4) is 11.3 Å². The van der Waals surface area contributed by atoms with Gasteiger partial charge in [0.1, 0.15) is 4.64 Å². The van der Waals surface area contributed by atoms with E-state index < -0.39 is 0 Å². The molecule has 3 heteroatoms. The summed E-state index contributed by atoms with van der Waals surface area (Å²) < 4.78 is 0.740. The Balaban J connectivity index is 2.55. The second-order valence-electron chi connectivity index (χ2n) is 3.18. The van der Waals surface area contributed by atoms with E-state index in [1.807, 2.05) is 37.5 Å². The highest BCUT2D eigenvalue weighted by Gasteiger charge is 1.97. The molecule has 0 aromatic carbocycles. The SMILES string of the molecule is Cc1cncc(-c2cccc(=S)[nH]2)c1. The average Bonchev–Trinajstić information content (AvgIpc) is 2.18. The molecule has 2 nitrogen and oxygen atoms in total. The molecule has 0 aliphatic heterocycles. The van der Waals surface area contributed by atoms with Crippen molar-refractivity contribution in [2.75, 3.05) is 0 Å². The molecule has 0 aliphatic rings. The lowest BCUT2D eigenvalue weighted by atomic mass is 10.1. The molecular weight excluding hydrogens is 192 g/mol. The molecule has 2 heterocycles. The van der Waals surface area contributed by atoms with Crippen molar-refractivity contribution in [3.63, 3.8) is 0 Å². The van der Waals surface area contributed by atoms with Gasteiger partial charge in [-0.2, -0.15) is 0 Å². The van der Waals surface area contributed by atoms with Crippen LogP contribution in [0.15, 0.2) is 36.7 Å². The molecule has 0 unspecified atom stereocenters. The molecule has 70 valence electrons. The normalized spacial score (nSPS) is 10.1. The van der Waals surface area contributed by atoms with Crippen LogP contribution in [0.5, 0.6) is 0 Å². The third-order valence-corrected chi connectivity index (χ3v) is 2.19. The molecule has 0 saturated carbocycles. The summed E-state index contributed by atoms with van der Waals surface area (Å²) in [6.07, 6.45) is 3.66. The monoisotopic (exact) mass is 202 g/mol. The van der Waals surface area contributed by atoms with E-state index in [4.69, 9.17) is 12.2 Å². The maximum atomic E-state index is 5.06. The van der Waals surface area contributed by atoms with Gasteiger partial charge in [0.05, 0.1) is 0 Å². The lowest BCUT2D eigenvalue weighted by Crippen LogP contribution is -1.85. The molecule has 2 aromatic rings. The molecule has 2 aromatic heterocycles. The van der Waals surface area contributed by atoms with Crippen LogP contribution in [0.2, 0.25) is 0 Å². The van der Waals surface area contributed by atoms with Gasteiger partial charge in [0, 0.05) is 23.7 Å². The van der Waals surface area contributed by atoms with Gasteiger partial charge >= 0.3 is 0 Å². The van der Waals surface area contributed by atoms with E-state index in [-0.39, 0.29) is 0 Å². The van der Waals surface area contributed by atoms with Crippen LogP contribution in [-0.2, 0) is 0 Å². The van der Waals surface area contributed by atoms with Crippen molar-refractivity contribution in [2.24, 2.45) is 0 Å². The molecule has 0 radical (unpaired) electrons. The standard InChI is InChI=1S/C11H10N2S/c1-8-5-9(7-12-6-8)10-3-2-4-11(14)13-10/h2-7H,1H3,(H,13,14). The van der Waals surface area contributed by atoms with E-state index in [0.717, 1.165) is 21.5 Å². The summed E-state index contributed by atoms with van der Waals surface area (Å²) in [6, 6.07) is 7.87. The van der Waals surface area contributed by atoms with Gasteiger partial charge in [0.25, 0.3) is 0 Å². The van der Waals surface area contributed by atoms with Crippen LogP contribution < -0.4 is 0 Å². The quantitative estimate of drug-likeness (QED) is 0.720. The summed E-state index contributed by atoms with van der Waals surface area (Å²) in [5.41, 5.74) is 3.22. The van der Waals surface area contributed by atoms with Crippen molar-refractivity contribution in [1.29, 1.82) is 0 Å². The minimum absolute atomic E-state index is 0.740. The summed E-state index contributed by atoms with van der Waals surface area (Å²) >= 11 is 5.06. The lowest BCUT2D eigenvalue weighted by molar-refractivity contribution is 1.23. The summed E-state index contributed by atoms with van der Waals surface area (Å²) in [5.74, 6) is 0. The predicted octanol–water partition coefficient (Wildman–Crippen LogP) is 3.11. The van der Waals surface area contributed by atoms with E-state index in [2.05, 4.69) is 16.0 Å². The number of pyridine rings is 2. The van der Waals surface area contributed by atoms with E-state index in [1.165, 1.54) is 0 Å². The first-order chi connectivity index (χ1) is 6.75.